The first-order valence-corrected chi connectivity index (χ1v) is 9.65. The van der Waals surface area contributed by atoms with E-state index in [1.54, 1.807) is 6.08 Å². The molecule has 0 fully saturated rings. The molecule has 3 heteroatoms. The molecule has 0 unspecified atom stereocenters. The minimum atomic E-state index is -1.73. The van der Waals surface area contributed by atoms with E-state index in [0.29, 0.717) is 6.61 Å². The van der Waals surface area contributed by atoms with Crippen LogP contribution in [0, 0.1) is 0 Å². The zero-order chi connectivity index (χ0) is 14.5. The SMILES string of the molecule is C=C[C@@H](CO[Si](C)(C)C(C)(C)C)Oc1ccccc1. The smallest absolute Gasteiger partial charge is 0.192 e. The summed E-state index contributed by atoms with van der Waals surface area (Å²) in [4.78, 5) is 0. The summed E-state index contributed by atoms with van der Waals surface area (Å²) >= 11 is 0. The highest BCUT2D eigenvalue weighted by atomic mass is 28.4. The lowest BCUT2D eigenvalue weighted by molar-refractivity contribution is 0.154. The molecule has 0 bridgehead atoms. The van der Waals surface area contributed by atoms with Crippen molar-refractivity contribution in [3.05, 3.63) is 43.0 Å². The monoisotopic (exact) mass is 278 g/mol. The number of ether oxygens (including phenoxy) is 1. The Morgan fingerprint density at radius 3 is 2.26 bits per heavy atom. The Bertz CT molecular complexity index is 393. The normalized spacial score (nSPS) is 13.9. The number of rotatable bonds is 6. The van der Waals surface area contributed by atoms with Crippen LogP contribution >= 0.6 is 0 Å². The quantitative estimate of drug-likeness (QED) is 0.557. The predicted octanol–water partition coefficient (Wildman–Crippen LogP) is 4.64. The van der Waals surface area contributed by atoms with Gasteiger partial charge in [0.15, 0.2) is 8.32 Å². The molecule has 0 N–H and O–H groups in total. The summed E-state index contributed by atoms with van der Waals surface area (Å²) in [5.74, 6) is 0.853. The van der Waals surface area contributed by atoms with Gasteiger partial charge in [0.05, 0.1) is 6.61 Å². The third-order valence-corrected chi connectivity index (χ3v) is 8.21. The fraction of sp³-hybridized carbons (Fsp3) is 0.500. The molecule has 0 saturated heterocycles. The summed E-state index contributed by atoms with van der Waals surface area (Å²) in [6.07, 6.45) is 1.71. The van der Waals surface area contributed by atoms with E-state index in [0.717, 1.165) is 5.75 Å². The van der Waals surface area contributed by atoms with E-state index in [4.69, 9.17) is 9.16 Å². The van der Waals surface area contributed by atoms with Crippen molar-refractivity contribution in [2.45, 2.75) is 45.0 Å². The Hall–Kier alpha value is -1.06. The maximum atomic E-state index is 6.16. The highest BCUT2D eigenvalue weighted by Gasteiger charge is 2.37. The lowest BCUT2D eigenvalue weighted by Gasteiger charge is -2.37. The van der Waals surface area contributed by atoms with Crippen molar-refractivity contribution in [1.82, 2.24) is 0 Å². The van der Waals surface area contributed by atoms with Crippen LogP contribution in [0.1, 0.15) is 20.8 Å². The average Bonchev–Trinajstić information content (AvgIpc) is 2.34. The van der Waals surface area contributed by atoms with Crippen LogP contribution in [0.3, 0.4) is 0 Å². The topological polar surface area (TPSA) is 18.5 Å². The first kappa shape index (κ1) is 16.0. The van der Waals surface area contributed by atoms with Gasteiger partial charge in [-0.2, -0.15) is 0 Å². The molecule has 0 amide bonds. The molecule has 0 radical (unpaired) electrons. The first-order valence-electron chi connectivity index (χ1n) is 6.74. The lowest BCUT2D eigenvalue weighted by Crippen LogP contribution is -2.43. The van der Waals surface area contributed by atoms with Crippen molar-refractivity contribution >= 4 is 8.32 Å². The maximum absolute atomic E-state index is 6.16. The summed E-state index contributed by atoms with van der Waals surface area (Å²) < 4.78 is 12.0. The molecule has 0 aliphatic carbocycles. The van der Waals surface area contributed by atoms with Crippen LogP contribution in [0.5, 0.6) is 5.75 Å². The van der Waals surface area contributed by atoms with Gasteiger partial charge in [-0.3, -0.25) is 0 Å². The van der Waals surface area contributed by atoms with Crippen molar-refractivity contribution < 1.29 is 9.16 Å². The molecule has 106 valence electrons. The molecule has 0 spiro atoms. The highest BCUT2D eigenvalue weighted by molar-refractivity contribution is 6.74. The molecule has 0 aliphatic rings. The minimum absolute atomic E-state index is 0.100. The standard InChI is InChI=1S/C16H26O2Si/c1-7-14(18-15-11-9-8-10-12-15)13-17-19(5,6)16(2,3)4/h7-12,14H,1,13H2,2-6H3/t14-/m0/s1. The van der Waals surface area contributed by atoms with E-state index in [2.05, 4.69) is 40.4 Å². The molecule has 1 aromatic rings. The fourth-order valence-electron chi connectivity index (χ4n) is 1.33. The number of hydrogen-bond donors (Lipinski definition) is 0. The van der Waals surface area contributed by atoms with Gasteiger partial charge in [0, 0.05) is 0 Å². The maximum Gasteiger partial charge on any atom is 0.192 e. The van der Waals surface area contributed by atoms with Gasteiger partial charge in [-0.25, -0.2) is 0 Å². The number of hydrogen-bond acceptors (Lipinski definition) is 2. The van der Waals surface area contributed by atoms with Crippen molar-refractivity contribution in [3.63, 3.8) is 0 Å². The third kappa shape index (κ3) is 4.84. The average molecular weight is 278 g/mol. The summed E-state index contributed by atoms with van der Waals surface area (Å²) in [7, 11) is -1.73. The van der Waals surface area contributed by atoms with Gasteiger partial charge in [0.1, 0.15) is 11.9 Å². The number of para-hydroxylation sites is 1. The molecular weight excluding hydrogens is 252 g/mol. The van der Waals surface area contributed by atoms with Gasteiger partial charge in [0.2, 0.25) is 0 Å². The van der Waals surface area contributed by atoms with E-state index >= 15 is 0 Å². The summed E-state index contributed by atoms with van der Waals surface area (Å²) in [6, 6.07) is 9.79. The van der Waals surface area contributed by atoms with E-state index < -0.39 is 8.32 Å². The van der Waals surface area contributed by atoms with E-state index in [1.807, 2.05) is 30.3 Å². The molecular formula is C16H26O2Si. The van der Waals surface area contributed by atoms with Crippen LogP contribution in [-0.2, 0) is 4.43 Å². The Labute approximate surface area is 118 Å². The molecule has 19 heavy (non-hydrogen) atoms. The van der Waals surface area contributed by atoms with Crippen molar-refractivity contribution in [2.24, 2.45) is 0 Å². The van der Waals surface area contributed by atoms with Crippen LogP contribution in [0.25, 0.3) is 0 Å². The van der Waals surface area contributed by atoms with Gasteiger partial charge in [-0.15, -0.1) is 0 Å². The Balaban J connectivity index is 2.57. The van der Waals surface area contributed by atoms with Crippen molar-refractivity contribution in [3.8, 4) is 5.75 Å². The second-order valence-electron chi connectivity index (χ2n) is 6.28. The fourth-order valence-corrected chi connectivity index (χ4v) is 2.34. The van der Waals surface area contributed by atoms with Gasteiger partial charge in [-0.05, 0) is 36.3 Å². The molecule has 2 nitrogen and oxygen atoms in total. The highest BCUT2D eigenvalue weighted by Crippen LogP contribution is 2.36. The molecule has 1 rings (SSSR count). The summed E-state index contributed by atoms with van der Waals surface area (Å²) in [6.45, 7) is 15.6. The third-order valence-electron chi connectivity index (χ3n) is 3.71. The molecule has 0 aromatic heterocycles. The van der Waals surface area contributed by atoms with Crippen LogP contribution in [0.2, 0.25) is 18.1 Å². The Morgan fingerprint density at radius 1 is 1.21 bits per heavy atom. The van der Waals surface area contributed by atoms with Crippen molar-refractivity contribution in [1.29, 1.82) is 0 Å². The minimum Gasteiger partial charge on any atom is -0.484 e. The lowest BCUT2D eigenvalue weighted by atomic mass is 10.2. The predicted molar refractivity (Wildman–Crippen MR) is 84.2 cm³/mol. The summed E-state index contributed by atoms with van der Waals surface area (Å²) in [5, 5.41) is 0.214. The summed E-state index contributed by atoms with van der Waals surface area (Å²) in [5.41, 5.74) is 0. The largest absolute Gasteiger partial charge is 0.484 e. The van der Waals surface area contributed by atoms with Crippen LogP contribution < -0.4 is 4.74 Å². The second-order valence-corrected chi connectivity index (χ2v) is 11.1. The molecule has 0 aliphatic heterocycles. The zero-order valence-corrected chi connectivity index (χ0v) is 13.8. The molecule has 1 atom stereocenters. The van der Waals surface area contributed by atoms with Gasteiger partial charge >= 0.3 is 0 Å². The van der Waals surface area contributed by atoms with Gasteiger partial charge < -0.3 is 9.16 Å². The first-order chi connectivity index (χ1) is 8.76. The Morgan fingerprint density at radius 2 is 1.79 bits per heavy atom. The van der Waals surface area contributed by atoms with Gasteiger partial charge in [0.25, 0.3) is 0 Å². The van der Waals surface area contributed by atoms with Crippen molar-refractivity contribution in [2.75, 3.05) is 6.61 Å². The van der Waals surface area contributed by atoms with Gasteiger partial charge in [-0.1, -0.05) is 45.5 Å². The van der Waals surface area contributed by atoms with Crippen LogP contribution in [-0.4, -0.2) is 21.0 Å². The van der Waals surface area contributed by atoms with Crippen LogP contribution in [0.4, 0.5) is 0 Å². The van der Waals surface area contributed by atoms with E-state index in [9.17, 15) is 0 Å². The van der Waals surface area contributed by atoms with E-state index in [1.165, 1.54) is 0 Å². The molecule has 1 aromatic carbocycles. The van der Waals surface area contributed by atoms with E-state index in [-0.39, 0.29) is 11.1 Å². The second kappa shape index (κ2) is 6.39. The van der Waals surface area contributed by atoms with Crippen LogP contribution in [0.15, 0.2) is 43.0 Å². The molecule has 0 heterocycles. The Kier molecular flexibility index (Phi) is 5.38. The zero-order valence-electron chi connectivity index (χ0n) is 12.8. The number of benzene rings is 1. The molecule has 0 saturated carbocycles.